The van der Waals surface area contributed by atoms with Gasteiger partial charge >= 0.3 is 0 Å². The highest BCUT2D eigenvalue weighted by atomic mass is 35.5. The Balaban J connectivity index is 1.36. The summed E-state index contributed by atoms with van der Waals surface area (Å²) >= 11 is 6.29. The van der Waals surface area contributed by atoms with Crippen LogP contribution in [0, 0.1) is 6.92 Å². The van der Waals surface area contributed by atoms with Gasteiger partial charge in [0, 0.05) is 5.69 Å². The summed E-state index contributed by atoms with van der Waals surface area (Å²) in [6.45, 7) is 1.14. The van der Waals surface area contributed by atoms with Gasteiger partial charge in [-0.25, -0.2) is 13.8 Å². The number of hydrogen-bond acceptors (Lipinski definition) is 6. The maximum Gasteiger partial charge on any atom is 0.264 e. The molecule has 0 radical (unpaired) electrons. The highest BCUT2D eigenvalue weighted by Crippen LogP contribution is 2.30. The summed E-state index contributed by atoms with van der Waals surface area (Å²) in [6.07, 6.45) is 1.40. The Labute approximate surface area is 243 Å². The molecular formula is C30H27ClN4O5S. The van der Waals surface area contributed by atoms with E-state index in [4.69, 9.17) is 16.3 Å². The van der Waals surface area contributed by atoms with E-state index in [9.17, 15) is 18.0 Å². The Morgan fingerprint density at radius 3 is 2.22 bits per heavy atom. The van der Waals surface area contributed by atoms with E-state index in [1.54, 1.807) is 66.7 Å². The predicted octanol–water partition coefficient (Wildman–Crippen LogP) is 5.01. The average Bonchev–Trinajstić information content (AvgIpc) is 2.97. The van der Waals surface area contributed by atoms with Gasteiger partial charge < -0.3 is 10.1 Å². The first-order chi connectivity index (χ1) is 19.7. The number of nitrogens with zero attached hydrogens (tertiary/aromatic N) is 2. The molecule has 0 aromatic heterocycles. The van der Waals surface area contributed by atoms with Gasteiger partial charge in [0.25, 0.3) is 21.8 Å². The SMILES string of the molecule is Cc1ccc(S(=O)(=O)N(CC(=O)N/N=C\c2ccc(OCC(=O)Nc3ccccc3)cc2)c2ccccc2Cl)cc1. The molecule has 0 unspecified atom stereocenters. The van der Waals surface area contributed by atoms with E-state index in [0.29, 0.717) is 17.0 Å². The van der Waals surface area contributed by atoms with Crippen LogP contribution in [0.1, 0.15) is 11.1 Å². The number of halogens is 1. The molecule has 0 saturated carbocycles. The lowest BCUT2D eigenvalue weighted by atomic mass is 10.2. The zero-order chi connectivity index (χ0) is 29.2. The maximum atomic E-state index is 13.5. The van der Waals surface area contributed by atoms with Crippen molar-refractivity contribution in [1.82, 2.24) is 5.43 Å². The molecule has 0 aliphatic carbocycles. The molecule has 0 aliphatic heterocycles. The van der Waals surface area contributed by atoms with E-state index in [1.165, 1.54) is 24.4 Å². The molecule has 0 saturated heterocycles. The number of para-hydroxylation sites is 2. The van der Waals surface area contributed by atoms with Crippen molar-refractivity contribution < 1.29 is 22.7 Å². The van der Waals surface area contributed by atoms with Crippen LogP contribution in [0.3, 0.4) is 0 Å². The standard InChI is InChI=1S/C30H27ClN4O5S/c1-22-11-17-26(18-12-22)41(38,39)35(28-10-6-5-9-27(28)31)20-29(36)34-32-19-23-13-15-25(16-14-23)40-21-30(37)33-24-7-3-2-4-8-24/h2-19H,20-21H2,1H3,(H,33,37)(H,34,36)/b32-19-. The fraction of sp³-hybridized carbons (Fsp3) is 0.100. The molecule has 0 spiro atoms. The van der Waals surface area contributed by atoms with Crippen molar-refractivity contribution in [1.29, 1.82) is 0 Å². The number of rotatable bonds is 11. The lowest BCUT2D eigenvalue weighted by Crippen LogP contribution is -2.39. The number of carbonyl (C=O) groups is 2. The van der Waals surface area contributed by atoms with Crippen molar-refractivity contribution in [3.8, 4) is 5.75 Å². The molecule has 9 nitrogen and oxygen atoms in total. The number of nitrogens with one attached hydrogen (secondary N) is 2. The van der Waals surface area contributed by atoms with Gasteiger partial charge in [-0.3, -0.25) is 13.9 Å². The number of sulfonamides is 1. The van der Waals surface area contributed by atoms with E-state index >= 15 is 0 Å². The Hall–Kier alpha value is -4.67. The number of hydrogen-bond donors (Lipinski definition) is 2. The molecule has 0 aliphatic rings. The molecule has 4 aromatic carbocycles. The van der Waals surface area contributed by atoms with E-state index in [0.717, 1.165) is 9.87 Å². The lowest BCUT2D eigenvalue weighted by Gasteiger charge is -2.24. The van der Waals surface area contributed by atoms with Crippen molar-refractivity contribution in [2.24, 2.45) is 5.10 Å². The largest absolute Gasteiger partial charge is 0.484 e. The van der Waals surface area contributed by atoms with Crippen LogP contribution in [0.25, 0.3) is 0 Å². The summed E-state index contributed by atoms with van der Waals surface area (Å²) in [4.78, 5) is 24.8. The van der Waals surface area contributed by atoms with Gasteiger partial charge in [-0.05, 0) is 73.2 Å². The van der Waals surface area contributed by atoms with Gasteiger partial charge in [-0.15, -0.1) is 0 Å². The summed E-state index contributed by atoms with van der Waals surface area (Å²) in [7, 11) is -4.11. The Morgan fingerprint density at radius 1 is 0.878 bits per heavy atom. The zero-order valence-corrected chi connectivity index (χ0v) is 23.6. The van der Waals surface area contributed by atoms with E-state index in [-0.39, 0.29) is 28.1 Å². The second kappa shape index (κ2) is 13.6. The number of amides is 2. The lowest BCUT2D eigenvalue weighted by molar-refractivity contribution is -0.119. The van der Waals surface area contributed by atoms with Crippen molar-refractivity contribution in [2.45, 2.75) is 11.8 Å². The normalized spacial score (nSPS) is 11.2. The van der Waals surface area contributed by atoms with Crippen LogP contribution in [-0.4, -0.2) is 39.6 Å². The third-order valence-electron chi connectivity index (χ3n) is 5.73. The summed E-state index contributed by atoms with van der Waals surface area (Å²) in [5.41, 5.74) is 4.74. The first kappa shape index (κ1) is 29.3. The third-order valence-corrected chi connectivity index (χ3v) is 7.82. The van der Waals surface area contributed by atoms with Crippen molar-refractivity contribution in [3.05, 3.63) is 119 Å². The second-order valence-electron chi connectivity index (χ2n) is 8.84. The molecule has 210 valence electrons. The molecule has 2 amide bonds. The zero-order valence-electron chi connectivity index (χ0n) is 22.0. The minimum absolute atomic E-state index is 0.0270. The van der Waals surface area contributed by atoms with Gasteiger partial charge in [-0.1, -0.05) is 59.6 Å². The molecule has 4 rings (SSSR count). The van der Waals surface area contributed by atoms with Crippen LogP contribution >= 0.6 is 11.6 Å². The molecule has 0 heterocycles. The smallest absolute Gasteiger partial charge is 0.264 e. The summed E-state index contributed by atoms with van der Waals surface area (Å²) in [5.74, 6) is -0.480. The molecule has 11 heteroatoms. The fourth-order valence-corrected chi connectivity index (χ4v) is 5.38. The molecule has 0 atom stereocenters. The second-order valence-corrected chi connectivity index (χ2v) is 11.1. The van der Waals surface area contributed by atoms with E-state index < -0.39 is 22.5 Å². The number of hydrazone groups is 1. The van der Waals surface area contributed by atoms with Crippen LogP contribution in [0.5, 0.6) is 5.75 Å². The highest BCUT2D eigenvalue weighted by Gasteiger charge is 2.28. The quantitative estimate of drug-likeness (QED) is 0.188. The highest BCUT2D eigenvalue weighted by molar-refractivity contribution is 7.92. The van der Waals surface area contributed by atoms with Crippen molar-refractivity contribution in [2.75, 3.05) is 22.8 Å². The maximum absolute atomic E-state index is 13.5. The molecule has 2 N–H and O–H groups in total. The van der Waals surface area contributed by atoms with Gasteiger partial charge in [0.05, 0.1) is 21.8 Å². The number of ether oxygens (including phenoxy) is 1. The Morgan fingerprint density at radius 2 is 1.54 bits per heavy atom. The predicted molar refractivity (Wildman–Crippen MR) is 160 cm³/mol. The van der Waals surface area contributed by atoms with Crippen LogP contribution in [0.15, 0.2) is 113 Å². The average molecular weight is 591 g/mol. The molecule has 4 aromatic rings. The number of anilines is 2. The van der Waals surface area contributed by atoms with Crippen LogP contribution in [-0.2, 0) is 19.6 Å². The van der Waals surface area contributed by atoms with E-state index in [1.807, 2.05) is 25.1 Å². The van der Waals surface area contributed by atoms with Gasteiger partial charge in [-0.2, -0.15) is 5.10 Å². The minimum atomic E-state index is -4.11. The van der Waals surface area contributed by atoms with E-state index in [2.05, 4.69) is 15.8 Å². The minimum Gasteiger partial charge on any atom is -0.484 e. The Bertz CT molecular complexity index is 1630. The fourth-order valence-electron chi connectivity index (χ4n) is 3.65. The summed E-state index contributed by atoms with van der Waals surface area (Å²) in [6, 6.07) is 28.5. The van der Waals surface area contributed by atoms with Crippen LogP contribution in [0.4, 0.5) is 11.4 Å². The molecular weight excluding hydrogens is 564 g/mol. The third kappa shape index (κ3) is 8.17. The first-order valence-electron chi connectivity index (χ1n) is 12.5. The summed E-state index contributed by atoms with van der Waals surface area (Å²) in [5, 5.41) is 6.86. The first-order valence-corrected chi connectivity index (χ1v) is 14.3. The van der Waals surface area contributed by atoms with Crippen molar-refractivity contribution >= 4 is 51.0 Å². The monoisotopic (exact) mass is 590 g/mol. The molecule has 0 bridgehead atoms. The van der Waals surface area contributed by atoms with Crippen molar-refractivity contribution in [3.63, 3.8) is 0 Å². The van der Waals surface area contributed by atoms with Crippen LogP contribution in [0.2, 0.25) is 5.02 Å². The number of aryl methyl sites for hydroxylation is 1. The number of benzene rings is 4. The van der Waals surface area contributed by atoms with Gasteiger partial charge in [0.1, 0.15) is 12.3 Å². The van der Waals surface area contributed by atoms with Gasteiger partial charge in [0.15, 0.2) is 6.61 Å². The number of carbonyl (C=O) groups excluding carboxylic acids is 2. The molecule has 0 fully saturated rings. The topological polar surface area (TPSA) is 117 Å². The van der Waals surface area contributed by atoms with Crippen LogP contribution < -0.4 is 19.8 Å². The summed E-state index contributed by atoms with van der Waals surface area (Å²) < 4.78 is 33.4. The Kier molecular flexibility index (Phi) is 9.73. The van der Waals surface area contributed by atoms with Gasteiger partial charge in [0.2, 0.25) is 0 Å². The molecule has 41 heavy (non-hydrogen) atoms.